The van der Waals surface area contributed by atoms with Crippen LogP contribution in [0.15, 0.2) is 22.7 Å². The summed E-state index contributed by atoms with van der Waals surface area (Å²) in [6.45, 7) is 1.40. The van der Waals surface area contributed by atoms with E-state index >= 15 is 0 Å². The summed E-state index contributed by atoms with van der Waals surface area (Å²) >= 11 is 3.45. The smallest absolute Gasteiger partial charge is 0.123 e. The largest absolute Gasteiger partial charge is 0.488 e. The molecule has 2 rings (SSSR count). The zero-order valence-corrected chi connectivity index (χ0v) is 9.88. The van der Waals surface area contributed by atoms with Gasteiger partial charge in [0.1, 0.15) is 11.9 Å². The average Bonchev–Trinajstić information content (AvgIpc) is 2.60. The first-order chi connectivity index (χ1) is 7.29. The van der Waals surface area contributed by atoms with E-state index in [0.717, 1.165) is 23.2 Å². The van der Waals surface area contributed by atoms with Crippen LogP contribution in [0.4, 0.5) is 0 Å². The molecule has 1 N–H and O–H groups in total. The zero-order valence-electron chi connectivity index (χ0n) is 8.29. The Morgan fingerprint density at radius 2 is 2.47 bits per heavy atom. The van der Waals surface area contributed by atoms with Crippen LogP contribution in [-0.2, 0) is 6.42 Å². The maximum atomic E-state index is 5.76. The molecular weight excluding hydrogens is 254 g/mol. The molecule has 0 fully saturated rings. The van der Waals surface area contributed by atoms with Gasteiger partial charge in [-0.25, -0.2) is 0 Å². The standard InChI is InChI=1S/C12H12BrNO/c1-2-5-14-8-11-7-9-6-10(13)3-4-12(9)15-11/h1,3-4,6,11,14H,5,7-8H2. The van der Waals surface area contributed by atoms with E-state index in [9.17, 15) is 0 Å². The van der Waals surface area contributed by atoms with Crippen molar-refractivity contribution in [3.63, 3.8) is 0 Å². The molecule has 1 heterocycles. The topological polar surface area (TPSA) is 21.3 Å². The SMILES string of the molecule is C#CCNCC1Cc2cc(Br)ccc2O1. The first kappa shape index (κ1) is 10.5. The summed E-state index contributed by atoms with van der Waals surface area (Å²) in [4.78, 5) is 0. The van der Waals surface area contributed by atoms with Crippen molar-refractivity contribution < 1.29 is 4.74 Å². The van der Waals surface area contributed by atoms with Gasteiger partial charge >= 0.3 is 0 Å². The van der Waals surface area contributed by atoms with E-state index in [0.29, 0.717) is 6.54 Å². The number of hydrogen-bond acceptors (Lipinski definition) is 2. The second-order valence-corrected chi connectivity index (χ2v) is 4.45. The summed E-state index contributed by atoms with van der Waals surface area (Å²) in [6.07, 6.45) is 6.32. The number of halogens is 1. The van der Waals surface area contributed by atoms with E-state index in [2.05, 4.69) is 33.2 Å². The van der Waals surface area contributed by atoms with Crippen LogP contribution in [0.2, 0.25) is 0 Å². The molecule has 15 heavy (non-hydrogen) atoms. The molecule has 1 aromatic rings. The Hall–Kier alpha value is -0.980. The molecule has 0 amide bonds. The molecule has 0 aliphatic carbocycles. The van der Waals surface area contributed by atoms with Gasteiger partial charge in [-0.1, -0.05) is 21.9 Å². The highest BCUT2D eigenvalue weighted by Crippen LogP contribution is 2.30. The fourth-order valence-electron chi connectivity index (χ4n) is 1.71. The van der Waals surface area contributed by atoms with E-state index < -0.39 is 0 Å². The number of fused-ring (bicyclic) bond motifs is 1. The van der Waals surface area contributed by atoms with Crippen LogP contribution in [0.1, 0.15) is 5.56 Å². The number of benzene rings is 1. The lowest BCUT2D eigenvalue weighted by Crippen LogP contribution is -2.30. The van der Waals surface area contributed by atoms with Crippen LogP contribution < -0.4 is 10.1 Å². The average molecular weight is 266 g/mol. The van der Waals surface area contributed by atoms with E-state index in [4.69, 9.17) is 11.2 Å². The van der Waals surface area contributed by atoms with Crippen molar-refractivity contribution in [1.82, 2.24) is 5.32 Å². The maximum absolute atomic E-state index is 5.76. The summed E-state index contributed by atoms with van der Waals surface area (Å²) in [7, 11) is 0. The Balaban J connectivity index is 1.95. The summed E-state index contributed by atoms with van der Waals surface area (Å²) < 4.78 is 6.86. The Kier molecular flexibility index (Phi) is 3.30. The van der Waals surface area contributed by atoms with Crippen LogP contribution in [0.5, 0.6) is 5.75 Å². The molecule has 0 aromatic heterocycles. The minimum absolute atomic E-state index is 0.211. The van der Waals surface area contributed by atoms with E-state index in [1.54, 1.807) is 0 Å². The molecule has 78 valence electrons. The number of rotatable bonds is 3. The highest BCUT2D eigenvalue weighted by atomic mass is 79.9. The van der Waals surface area contributed by atoms with E-state index in [-0.39, 0.29) is 6.10 Å². The molecule has 1 aromatic carbocycles. The summed E-state index contributed by atoms with van der Waals surface area (Å²) in [5.41, 5.74) is 1.26. The van der Waals surface area contributed by atoms with Crippen molar-refractivity contribution in [2.75, 3.05) is 13.1 Å². The second kappa shape index (κ2) is 4.69. The summed E-state index contributed by atoms with van der Waals surface area (Å²) in [5.74, 6) is 3.54. The fourth-order valence-corrected chi connectivity index (χ4v) is 2.12. The minimum atomic E-state index is 0.211. The third-order valence-electron chi connectivity index (χ3n) is 2.36. The number of hydrogen-bond donors (Lipinski definition) is 1. The lowest BCUT2D eigenvalue weighted by Gasteiger charge is -2.09. The maximum Gasteiger partial charge on any atom is 0.123 e. The van der Waals surface area contributed by atoms with Crippen molar-refractivity contribution in [3.8, 4) is 18.1 Å². The Labute approximate surface area is 98.1 Å². The van der Waals surface area contributed by atoms with Gasteiger partial charge in [0.2, 0.25) is 0 Å². The predicted molar refractivity (Wildman–Crippen MR) is 64.0 cm³/mol. The van der Waals surface area contributed by atoms with Gasteiger partial charge in [0.25, 0.3) is 0 Å². The van der Waals surface area contributed by atoms with Gasteiger partial charge in [0.05, 0.1) is 6.54 Å². The summed E-state index contributed by atoms with van der Waals surface area (Å²) in [6, 6.07) is 6.10. The molecule has 2 nitrogen and oxygen atoms in total. The molecule has 0 saturated heterocycles. The Bertz CT molecular complexity index is 397. The van der Waals surface area contributed by atoms with Crippen molar-refractivity contribution in [3.05, 3.63) is 28.2 Å². The van der Waals surface area contributed by atoms with Gasteiger partial charge in [-0.15, -0.1) is 6.42 Å². The molecule has 0 saturated carbocycles. The molecule has 0 radical (unpaired) electrons. The van der Waals surface area contributed by atoms with Gasteiger partial charge in [-0.05, 0) is 23.8 Å². The molecule has 3 heteroatoms. The third-order valence-corrected chi connectivity index (χ3v) is 2.86. The van der Waals surface area contributed by atoms with Crippen LogP contribution in [0.3, 0.4) is 0 Å². The molecule has 1 atom stereocenters. The van der Waals surface area contributed by atoms with Crippen molar-refractivity contribution in [1.29, 1.82) is 0 Å². The first-order valence-electron chi connectivity index (χ1n) is 4.89. The molecule has 1 unspecified atom stereocenters. The molecule has 1 aliphatic heterocycles. The van der Waals surface area contributed by atoms with Crippen LogP contribution >= 0.6 is 15.9 Å². The van der Waals surface area contributed by atoms with Gasteiger partial charge in [-0.3, -0.25) is 0 Å². The molecular formula is C12H12BrNO. The fraction of sp³-hybridized carbons (Fsp3) is 0.333. The van der Waals surface area contributed by atoms with E-state index in [1.165, 1.54) is 5.56 Å². The van der Waals surface area contributed by atoms with Gasteiger partial charge < -0.3 is 10.1 Å². The monoisotopic (exact) mass is 265 g/mol. The van der Waals surface area contributed by atoms with Gasteiger partial charge in [-0.2, -0.15) is 0 Å². The number of ether oxygens (including phenoxy) is 1. The highest BCUT2D eigenvalue weighted by molar-refractivity contribution is 9.10. The van der Waals surface area contributed by atoms with Crippen molar-refractivity contribution in [2.45, 2.75) is 12.5 Å². The van der Waals surface area contributed by atoms with Gasteiger partial charge in [0, 0.05) is 17.4 Å². The zero-order chi connectivity index (χ0) is 10.7. The Morgan fingerprint density at radius 1 is 1.60 bits per heavy atom. The molecule has 0 spiro atoms. The van der Waals surface area contributed by atoms with E-state index in [1.807, 2.05) is 12.1 Å². The quantitative estimate of drug-likeness (QED) is 0.667. The van der Waals surface area contributed by atoms with Crippen molar-refractivity contribution >= 4 is 15.9 Å². The van der Waals surface area contributed by atoms with Crippen LogP contribution in [0.25, 0.3) is 0 Å². The normalized spacial score (nSPS) is 18.0. The van der Waals surface area contributed by atoms with Crippen molar-refractivity contribution in [2.24, 2.45) is 0 Å². The number of nitrogens with one attached hydrogen (secondary N) is 1. The summed E-state index contributed by atoms with van der Waals surface area (Å²) in [5, 5.41) is 3.15. The minimum Gasteiger partial charge on any atom is -0.488 e. The predicted octanol–water partition coefficient (Wildman–Crippen LogP) is 1.98. The van der Waals surface area contributed by atoms with Crippen LogP contribution in [0, 0.1) is 12.3 Å². The molecule has 0 bridgehead atoms. The lowest BCUT2D eigenvalue weighted by atomic mass is 10.1. The number of terminal acetylenes is 1. The molecule has 1 aliphatic rings. The highest BCUT2D eigenvalue weighted by Gasteiger charge is 2.22. The second-order valence-electron chi connectivity index (χ2n) is 3.53. The Morgan fingerprint density at radius 3 is 3.27 bits per heavy atom. The lowest BCUT2D eigenvalue weighted by molar-refractivity contribution is 0.230. The third kappa shape index (κ3) is 2.53. The first-order valence-corrected chi connectivity index (χ1v) is 5.68. The van der Waals surface area contributed by atoms with Crippen LogP contribution in [-0.4, -0.2) is 19.2 Å². The van der Waals surface area contributed by atoms with Gasteiger partial charge in [0.15, 0.2) is 0 Å².